The van der Waals surface area contributed by atoms with Crippen molar-refractivity contribution < 1.29 is 24.2 Å². The van der Waals surface area contributed by atoms with Gasteiger partial charge in [-0.15, -0.1) is 0 Å². The third kappa shape index (κ3) is 4.43. The molecule has 0 atom stereocenters. The van der Waals surface area contributed by atoms with Crippen LogP contribution in [0.5, 0.6) is 0 Å². The highest BCUT2D eigenvalue weighted by Gasteiger charge is 2.16. The lowest BCUT2D eigenvalue weighted by atomic mass is 9.94. The van der Waals surface area contributed by atoms with Gasteiger partial charge in [-0.2, -0.15) is 0 Å². The van der Waals surface area contributed by atoms with Crippen LogP contribution in [0.25, 0.3) is 0 Å². The summed E-state index contributed by atoms with van der Waals surface area (Å²) < 4.78 is 10.2. The van der Waals surface area contributed by atoms with Crippen molar-refractivity contribution in [3.63, 3.8) is 0 Å². The predicted octanol–water partition coefficient (Wildman–Crippen LogP) is 2.56. The van der Waals surface area contributed by atoms with Crippen molar-refractivity contribution in [2.75, 3.05) is 13.2 Å². The largest absolute Gasteiger partial charge is 0.478 e. The number of ether oxygens (including phenoxy) is 2. The number of aryl methyl sites for hydroxylation is 2. The summed E-state index contributed by atoms with van der Waals surface area (Å²) in [6, 6.07) is 1.84. The van der Waals surface area contributed by atoms with E-state index in [4.69, 9.17) is 9.47 Å². The number of aromatic carboxylic acids is 1. The zero-order valence-corrected chi connectivity index (χ0v) is 12.6. The first-order chi connectivity index (χ1) is 9.88. The Bertz CT molecular complexity index is 560. The molecule has 114 valence electrons. The average molecular weight is 292 g/mol. The van der Waals surface area contributed by atoms with Crippen LogP contribution in [-0.2, 0) is 20.9 Å². The van der Waals surface area contributed by atoms with Crippen LogP contribution < -0.4 is 0 Å². The van der Waals surface area contributed by atoms with Crippen molar-refractivity contribution >= 4 is 11.9 Å². The molecule has 21 heavy (non-hydrogen) atoms. The summed E-state index contributed by atoms with van der Waals surface area (Å²) in [6.45, 7) is 9.44. The Morgan fingerprint density at radius 3 is 2.48 bits per heavy atom. The second-order valence-electron chi connectivity index (χ2n) is 4.72. The molecule has 0 saturated carbocycles. The Labute approximate surface area is 124 Å². The molecule has 0 aliphatic heterocycles. The normalized spacial score (nSPS) is 10.2. The summed E-state index contributed by atoms with van der Waals surface area (Å²) >= 11 is 0. The van der Waals surface area contributed by atoms with Gasteiger partial charge in [0.05, 0.1) is 18.8 Å². The maximum Gasteiger partial charge on any atom is 0.336 e. The third-order valence-electron chi connectivity index (χ3n) is 3.23. The highest BCUT2D eigenvalue weighted by Crippen LogP contribution is 2.23. The minimum atomic E-state index is -0.939. The molecule has 0 aliphatic rings. The molecule has 1 aromatic carbocycles. The summed E-state index contributed by atoms with van der Waals surface area (Å²) in [5, 5.41) is 9.25. The number of carboxylic acid groups (broad SMARTS) is 1. The summed E-state index contributed by atoms with van der Waals surface area (Å²) in [7, 11) is 0. The van der Waals surface area contributed by atoms with Crippen molar-refractivity contribution in [3.05, 3.63) is 46.5 Å². The molecule has 5 nitrogen and oxygen atoms in total. The molecule has 1 rings (SSSR count). The quantitative estimate of drug-likeness (QED) is 0.475. The summed E-state index contributed by atoms with van der Waals surface area (Å²) in [5.74, 6) is -1.43. The van der Waals surface area contributed by atoms with Crippen LogP contribution in [0.2, 0.25) is 0 Å². The van der Waals surface area contributed by atoms with Crippen LogP contribution in [0.1, 0.15) is 32.6 Å². The molecular formula is C16H20O5. The van der Waals surface area contributed by atoms with Gasteiger partial charge in [0.25, 0.3) is 0 Å². The zero-order chi connectivity index (χ0) is 16.0. The molecule has 5 heteroatoms. The first-order valence-electron chi connectivity index (χ1n) is 6.58. The number of carbonyl (C=O) groups is 2. The number of hydrogen-bond donors (Lipinski definition) is 1. The monoisotopic (exact) mass is 292 g/mol. The molecule has 0 saturated heterocycles. The highest BCUT2D eigenvalue weighted by molar-refractivity contribution is 5.91. The Kier molecular flexibility index (Phi) is 6.11. The van der Waals surface area contributed by atoms with Gasteiger partial charge in [-0.1, -0.05) is 12.6 Å². The number of rotatable bonds is 7. The molecule has 0 bridgehead atoms. The van der Waals surface area contributed by atoms with Crippen LogP contribution in [0.4, 0.5) is 0 Å². The number of hydrogen-bond acceptors (Lipinski definition) is 4. The number of carbonyl (C=O) groups excluding carboxylic acids is 1. The maximum absolute atomic E-state index is 11.3. The molecule has 1 aromatic rings. The van der Waals surface area contributed by atoms with Crippen LogP contribution in [0.3, 0.4) is 0 Å². The first-order valence-corrected chi connectivity index (χ1v) is 6.58. The van der Waals surface area contributed by atoms with Gasteiger partial charge in [0.2, 0.25) is 0 Å². The Morgan fingerprint density at radius 1 is 1.24 bits per heavy atom. The molecule has 0 unspecified atom stereocenters. The van der Waals surface area contributed by atoms with Gasteiger partial charge in [-0.3, -0.25) is 0 Å². The highest BCUT2D eigenvalue weighted by atomic mass is 16.6. The molecule has 0 radical (unpaired) electrons. The van der Waals surface area contributed by atoms with Crippen molar-refractivity contribution in [1.29, 1.82) is 0 Å². The first kappa shape index (κ1) is 16.9. The minimum Gasteiger partial charge on any atom is -0.478 e. The maximum atomic E-state index is 11.3. The van der Waals surface area contributed by atoms with Crippen molar-refractivity contribution in [2.24, 2.45) is 0 Å². The van der Waals surface area contributed by atoms with Gasteiger partial charge in [-0.05, 0) is 43.0 Å². The topological polar surface area (TPSA) is 72.8 Å². The number of benzene rings is 1. The van der Waals surface area contributed by atoms with E-state index in [2.05, 4.69) is 6.58 Å². The molecular weight excluding hydrogens is 272 g/mol. The number of esters is 1. The standard InChI is InChI=1S/C16H20O5/c1-5-14(17)21-7-6-20-9-13-10(2)8-11(3)15(12(13)4)16(18)19/h5,8H,1,6-7,9H2,2-4H3,(H,18,19). The van der Waals surface area contributed by atoms with Gasteiger partial charge in [0, 0.05) is 6.08 Å². The fraction of sp³-hybridized carbons (Fsp3) is 0.375. The molecule has 0 fully saturated rings. The molecule has 0 amide bonds. The minimum absolute atomic E-state index is 0.139. The van der Waals surface area contributed by atoms with Gasteiger partial charge in [0.15, 0.2) is 0 Å². The second kappa shape index (κ2) is 7.59. The van der Waals surface area contributed by atoms with Crippen LogP contribution >= 0.6 is 0 Å². The Balaban J connectivity index is 2.71. The summed E-state index contributed by atoms with van der Waals surface area (Å²) in [5.41, 5.74) is 3.60. The fourth-order valence-electron chi connectivity index (χ4n) is 2.21. The summed E-state index contributed by atoms with van der Waals surface area (Å²) in [6.07, 6.45) is 1.09. The van der Waals surface area contributed by atoms with E-state index in [1.165, 1.54) is 0 Å². The van der Waals surface area contributed by atoms with Crippen LogP contribution in [0.15, 0.2) is 18.7 Å². The fourth-order valence-corrected chi connectivity index (χ4v) is 2.21. The van der Waals surface area contributed by atoms with Crippen molar-refractivity contribution in [1.82, 2.24) is 0 Å². The predicted molar refractivity (Wildman–Crippen MR) is 78.4 cm³/mol. The Morgan fingerprint density at radius 2 is 1.90 bits per heavy atom. The van der Waals surface area contributed by atoms with Crippen molar-refractivity contribution in [3.8, 4) is 0 Å². The zero-order valence-electron chi connectivity index (χ0n) is 12.6. The van der Waals surface area contributed by atoms with E-state index < -0.39 is 11.9 Å². The smallest absolute Gasteiger partial charge is 0.336 e. The molecule has 0 spiro atoms. The molecule has 0 aliphatic carbocycles. The SMILES string of the molecule is C=CC(=O)OCCOCc1c(C)cc(C)c(C(=O)O)c1C. The molecule has 0 heterocycles. The van der Waals surface area contributed by atoms with E-state index in [1.807, 2.05) is 13.0 Å². The van der Waals surface area contributed by atoms with E-state index >= 15 is 0 Å². The van der Waals surface area contributed by atoms with Gasteiger partial charge >= 0.3 is 11.9 Å². The van der Waals surface area contributed by atoms with E-state index in [9.17, 15) is 14.7 Å². The molecule has 0 aromatic heterocycles. The average Bonchev–Trinajstić information content (AvgIpc) is 2.40. The van der Waals surface area contributed by atoms with E-state index in [-0.39, 0.29) is 19.8 Å². The Hall–Kier alpha value is -2.14. The van der Waals surface area contributed by atoms with E-state index in [1.54, 1.807) is 13.8 Å². The summed E-state index contributed by atoms with van der Waals surface area (Å²) in [4.78, 5) is 22.1. The van der Waals surface area contributed by atoms with Gasteiger partial charge in [-0.25, -0.2) is 9.59 Å². The van der Waals surface area contributed by atoms with Crippen LogP contribution in [0, 0.1) is 20.8 Å². The lowest BCUT2D eigenvalue weighted by molar-refractivity contribution is -0.139. The lowest BCUT2D eigenvalue weighted by Gasteiger charge is -2.15. The van der Waals surface area contributed by atoms with Crippen LogP contribution in [-0.4, -0.2) is 30.3 Å². The third-order valence-corrected chi connectivity index (χ3v) is 3.23. The number of carboxylic acids is 1. The van der Waals surface area contributed by atoms with E-state index in [0.717, 1.165) is 22.8 Å². The van der Waals surface area contributed by atoms with Gasteiger partial charge < -0.3 is 14.6 Å². The second-order valence-corrected chi connectivity index (χ2v) is 4.72. The van der Waals surface area contributed by atoms with Gasteiger partial charge in [0.1, 0.15) is 6.61 Å². The lowest BCUT2D eigenvalue weighted by Crippen LogP contribution is -2.11. The van der Waals surface area contributed by atoms with E-state index in [0.29, 0.717) is 11.1 Å². The van der Waals surface area contributed by atoms with Crippen molar-refractivity contribution in [2.45, 2.75) is 27.4 Å². The molecule has 1 N–H and O–H groups in total.